The van der Waals surface area contributed by atoms with Gasteiger partial charge >= 0.3 is 0 Å². The van der Waals surface area contributed by atoms with Gasteiger partial charge in [0.05, 0.1) is 17.8 Å². The van der Waals surface area contributed by atoms with E-state index in [1.165, 1.54) is 38.2 Å². The molecule has 0 unspecified atom stereocenters. The van der Waals surface area contributed by atoms with E-state index in [0.717, 1.165) is 17.8 Å². The minimum Gasteiger partial charge on any atom is -0.360 e. The van der Waals surface area contributed by atoms with Crippen LogP contribution in [-0.2, 0) is 6.42 Å². The molecule has 0 bridgehead atoms. The molecule has 1 saturated heterocycles. The van der Waals surface area contributed by atoms with Gasteiger partial charge in [0.1, 0.15) is 5.84 Å². The maximum atomic E-state index is 4.66. The molecule has 0 aromatic carbocycles. The van der Waals surface area contributed by atoms with Gasteiger partial charge in [0.2, 0.25) is 0 Å². The van der Waals surface area contributed by atoms with Gasteiger partial charge in [0.25, 0.3) is 0 Å². The smallest absolute Gasteiger partial charge is 0.111 e. The van der Waals surface area contributed by atoms with Gasteiger partial charge in [0.15, 0.2) is 0 Å². The van der Waals surface area contributed by atoms with Crippen LogP contribution in [0.15, 0.2) is 23.3 Å². The fourth-order valence-electron chi connectivity index (χ4n) is 2.33. The van der Waals surface area contributed by atoms with E-state index in [0.29, 0.717) is 0 Å². The van der Waals surface area contributed by atoms with Crippen LogP contribution in [0.5, 0.6) is 0 Å². The molecule has 1 aromatic heterocycles. The normalized spacial score (nSPS) is 20.0. The van der Waals surface area contributed by atoms with Crippen LogP contribution in [0.2, 0.25) is 0 Å². The summed E-state index contributed by atoms with van der Waals surface area (Å²) < 4.78 is 0. The second kappa shape index (κ2) is 3.65. The Bertz CT molecular complexity index is 392. The fourth-order valence-corrected chi connectivity index (χ4v) is 2.33. The molecule has 15 heavy (non-hydrogen) atoms. The second-order valence-corrected chi connectivity index (χ2v) is 4.22. The fraction of sp³-hybridized carbons (Fsp3) is 0.500. The minimum atomic E-state index is 0.927. The molecule has 3 heterocycles. The van der Waals surface area contributed by atoms with Crippen LogP contribution in [0.1, 0.15) is 25.0 Å². The molecule has 0 aliphatic carbocycles. The summed E-state index contributed by atoms with van der Waals surface area (Å²) in [5.74, 6) is 1.23. The Morgan fingerprint density at radius 1 is 1.13 bits per heavy atom. The lowest BCUT2D eigenvalue weighted by Gasteiger charge is -2.28. The Kier molecular flexibility index (Phi) is 2.16. The number of likely N-dealkylation sites (tertiary alicyclic amines) is 1. The van der Waals surface area contributed by atoms with Crippen LogP contribution in [0.25, 0.3) is 0 Å². The predicted octanol–water partition coefficient (Wildman–Crippen LogP) is 2.15. The molecule has 3 rings (SSSR count). The maximum absolute atomic E-state index is 4.66. The third-order valence-electron chi connectivity index (χ3n) is 3.16. The lowest BCUT2D eigenvalue weighted by molar-refractivity contribution is 0.339. The number of rotatable bonds is 0. The topological polar surface area (TPSA) is 28.5 Å². The molecule has 78 valence electrons. The van der Waals surface area contributed by atoms with Crippen molar-refractivity contribution in [3.8, 4) is 0 Å². The summed E-state index contributed by atoms with van der Waals surface area (Å²) in [4.78, 5) is 11.4. The Hall–Kier alpha value is -1.38. The summed E-state index contributed by atoms with van der Waals surface area (Å²) in [5, 5.41) is 0. The lowest BCUT2D eigenvalue weighted by atomic mass is 10.1. The SMILES string of the molecule is c1cnc2c(c1)N=C(N1CCCCC1)C2. The lowest BCUT2D eigenvalue weighted by Crippen LogP contribution is -2.35. The van der Waals surface area contributed by atoms with Gasteiger partial charge in [0, 0.05) is 19.3 Å². The minimum absolute atomic E-state index is 0.927. The maximum Gasteiger partial charge on any atom is 0.111 e. The summed E-state index contributed by atoms with van der Waals surface area (Å²) in [5.41, 5.74) is 2.20. The molecule has 0 radical (unpaired) electrons. The predicted molar refractivity (Wildman–Crippen MR) is 60.5 cm³/mol. The van der Waals surface area contributed by atoms with Crippen LogP contribution < -0.4 is 0 Å². The highest BCUT2D eigenvalue weighted by Crippen LogP contribution is 2.26. The van der Waals surface area contributed by atoms with Gasteiger partial charge in [-0.1, -0.05) is 0 Å². The number of piperidine rings is 1. The van der Waals surface area contributed by atoms with E-state index < -0.39 is 0 Å². The molecule has 2 aliphatic heterocycles. The zero-order valence-electron chi connectivity index (χ0n) is 8.82. The highest BCUT2D eigenvalue weighted by Gasteiger charge is 2.21. The molecular weight excluding hydrogens is 186 g/mol. The van der Waals surface area contributed by atoms with E-state index >= 15 is 0 Å². The van der Waals surface area contributed by atoms with Crippen molar-refractivity contribution in [2.24, 2.45) is 4.99 Å². The number of nitrogens with zero attached hydrogens (tertiary/aromatic N) is 3. The van der Waals surface area contributed by atoms with Crippen molar-refractivity contribution in [2.45, 2.75) is 25.7 Å². The number of aliphatic imine (C=N–C) groups is 1. The van der Waals surface area contributed by atoms with Crippen LogP contribution in [0.3, 0.4) is 0 Å². The molecule has 3 heteroatoms. The van der Waals surface area contributed by atoms with Gasteiger partial charge in [-0.05, 0) is 31.4 Å². The number of hydrogen-bond acceptors (Lipinski definition) is 3. The van der Waals surface area contributed by atoms with Crippen molar-refractivity contribution < 1.29 is 0 Å². The number of aromatic nitrogens is 1. The van der Waals surface area contributed by atoms with Gasteiger partial charge in [-0.3, -0.25) is 4.98 Å². The van der Waals surface area contributed by atoms with Crippen molar-refractivity contribution >= 4 is 11.5 Å². The molecule has 0 spiro atoms. The zero-order chi connectivity index (χ0) is 10.1. The molecule has 0 N–H and O–H groups in total. The van der Waals surface area contributed by atoms with Gasteiger partial charge in [-0.15, -0.1) is 0 Å². The largest absolute Gasteiger partial charge is 0.360 e. The van der Waals surface area contributed by atoms with E-state index in [1.807, 2.05) is 12.3 Å². The Morgan fingerprint density at radius 3 is 2.80 bits per heavy atom. The van der Waals surface area contributed by atoms with E-state index in [1.54, 1.807) is 0 Å². The molecule has 1 aromatic rings. The first-order valence-electron chi connectivity index (χ1n) is 5.70. The van der Waals surface area contributed by atoms with Crippen molar-refractivity contribution in [1.29, 1.82) is 0 Å². The first-order valence-corrected chi connectivity index (χ1v) is 5.70. The summed E-state index contributed by atoms with van der Waals surface area (Å²) in [7, 11) is 0. The monoisotopic (exact) mass is 201 g/mol. The second-order valence-electron chi connectivity index (χ2n) is 4.22. The van der Waals surface area contributed by atoms with Crippen molar-refractivity contribution in [3.05, 3.63) is 24.0 Å². The zero-order valence-corrected chi connectivity index (χ0v) is 8.82. The number of pyridine rings is 1. The van der Waals surface area contributed by atoms with E-state index in [2.05, 4.69) is 20.9 Å². The highest BCUT2D eigenvalue weighted by molar-refractivity contribution is 5.91. The molecular formula is C12H15N3. The molecule has 1 fully saturated rings. The molecule has 3 nitrogen and oxygen atoms in total. The van der Waals surface area contributed by atoms with Gasteiger partial charge in [-0.2, -0.15) is 0 Å². The molecule has 0 atom stereocenters. The van der Waals surface area contributed by atoms with Crippen molar-refractivity contribution in [2.75, 3.05) is 13.1 Å². The van der Waals surface area contributed by atoms with Crippen LogP contribution in [-0.4, -0.2) is 28.8 Å². The Labute approximate surface area is 89.8 Å². The highest BCUT2D eigenvalue weighted by atomic mass is 15.2. The van der Waals surface area contributed by atoms with Crippen molar-refractivity contribution in [3.63, 3.8) is 0 Å². The Morgan fingerprint density at radius 2 is 2.00 bits per heavy atom. The van der Waals surface area contributed by atoms with Crippen molar-refractivity contribution in [1.82, 2.24) is 9.88 Å². The van der Waals surface area contributed by atoms with E-state index in [9.17, 15) is 0 Å². The third kappa shape index (κ3) is 1.62. The summed E-state index contributed by atoms with van der Waals surface area (Å²) in [6.45, 7) is 2.35. The third-order valence-corrected chi connectivity index (χ3v) is 3.16. The molecule has 0 saturated carbocycles. The number of amidine groups is 1. The summed E-state index contributed by atoms with van der Waals surface area (Å²) in [6, 6.07) is 4.01. The average Bonchev–Trinajstić information content (AvgIpc) is 2.74. The van der Waals surface area contributed by atoms with Gasteiger partial charge in [-0.25, -0.2) is 4.99 Å². The average molecular weight is 201 g/mol. The van der Waals surface area contributed by atoms with E-state index in [-0.39, 0.29) is 0 Å². The van der Waals surface area contributed by atoms with Gasteiger partial charge < -0.3 is 4.90 Å². The number of fused-ring (bicyclic) bond motifs is 1. The molecule has 0 amide bonds. The summed E-state index contributed by atoms with van der Waals surface area (Å²) >= 11 is 0. The molecule has 2 aliphatic rings. The van der Waals surface area contributed by atoms with Crippen LogP contribution in [0, 0.1) is 0 Å². The summed E-state index contributed by atoms with van der Waals surface area (Å²) in [6.07, 6.45) is 6.77. The number of hydrogen-bond donors (Lipinski definition) is 0. The quantitative estimate of drug-likeness (QED) is 0.643. The van der Waals surface area contributed by atoms with Crippen LogP contribution >= 0.6 is 0 Å². The van der Waals surface area contributed by atoms with Crippen LogP contribution in [0.4, 0.5) is 5.69 Å². The Balaban J connectivity index is 1.81. The van der Waals surface area contributed by atoms with E-state index in [4.69, 9.17) is 0 Å². The first-order chi connectivity index (χ1) is 7.43. The standard InChI is InChI=1S/C12H15N3/c1-2-7-15(8-3-1)12-9-11-10(14-12)5-4-6-13-11/h4-6H,1-3,7-9H2. The first kappa shape index (κ1) is 8.89.